The Morgan fingerprint density at radius 1 is 1.09 bits per heavy atom. The fourth-order valence-electron chi connectivity index (χ4n) is 5.15. The standard InChI is InChI=1S/C26H31N5O/c1-26(2)16-23(21-8-4-3-5-9-21)29-24-22(18-28-31(24)26)25(32)30-13-10-19(11-14-30)15-20-7-6-12-27-17-20/h3-9,12,17-19,23,29H,10-11,13-16H2,1-2H3. The number of likely N-dealkylation sites (tertiary alicyclic amines) is 1. The summed E-state index contributed by atoms with van der Waals surface area (Å²) in [5.41, 5.74) is 3.03. The summed E-state index contributed by atoms with van der Waals surface area (Å²) >= 11 is 0. The monoisotopic (exact) mass is 429 g/mol. The van der Waals surface area contributed by atoms with Crippen LogP contribution in [0.1, 0.15) is 60.6 Å². The molecule has 1 aromatic carbocycles. The molecule has 0 saturated carbocycles. The van der Waals surface area contributed by atoms with E-state index in [0.29, 0.717) is 11.5 Å². The number of carbonyl (C=O) groups is 1. The van der Waals surface area contributed by atoms with Crippen LogP contribution in [0.2, 0.25) is 0 Å². The molecule has 1 atom stereocenters. The van der Waals surface area contributed by atoms with Gasteiger partial charge in [0.2, 0.25) is 0 Å². The number of pyridine rings is 1. The van der Waals surface area contributed by atoms with Gasteiger partial charge in [0, 0.05) is 25.5 Å². The highest BCUT2D eigenvalue weighted by Crippen LogP contribution is 2.40. The summed E-state index contributed by atoms with van der Waals surface area (Å²) in [5, 5.41) is 8.25. The van der Waals surface area contributed by atoms with Gasteiger partial charge in [-0.25, -0.2) is 4.68 Å². The van der Waals surface area contributed by atoms with Crippen LogP contribution in [0.15, 0.2) is 61.1 Å². The van der Waals surface area contributed by atoms with Gasteiger partial charge in [0.05, 0.1) is 17.8 Å². The maximum atomic E-state index is 13.5. The summed E-state index contributed by atoms with van der Waals surface area (Å²) in [6.45, 7) is 5.97. The predicted molar refractivity (Wildman–Crippen MR) is 126 cm³/mol. The van der Waals surface area contributed by atoms with Gasteiger partial charge in [0.25, 0.3) is 5.91 Å². The first-order chi connectivity index (χ1) is 15.5. The van der Waals surface area contributed by atoms with E-state index in [9.17, 15) is 4.79 Å². The van der Waals surface area contributed by atoms with Crippen LogP contribution in [0, 0.1) is 5.92 Å². The molecule has 0 radical (unpaired) electrons. The first-order valence-electron chi connectivity index (χ1n) is 11.6. The molecule has 32 heavy (non-hydrogen) atoms. The average Bonchev–Trinajstić information content (AvgIpc) is 3.25. The summed E-state index contributed by atoms with van der Waals surface area (Å²) in [6, 6.07) is 14.8. The van der Waals surface area contributed by atoms with Gasteiger partial charge >= 0.3 is 0 Å². The zero-order chi connectivity index (χ0) is 22.1. The van der Waals surface area contributed by atoms with E-state index >= 15 is 0 Å². The Kier molecular flexibility index (Phi) is 5.45. The van der Waals surface area contributed by atoms with Crippen molar-refractivity contribution < 1.29 is 4.79 Å². The number of fused-ring (bicyclic) bond motifs is 1. The van der Waals surface area contributed by atoms with E-state index in [1.165, 1.54) is 11.1 Å². The fraction of sp³-hybridized carbons (Fsp3) is 0.423. The van der Waals surface area contributed by atoms with Gasteiger partial charge in [-0.3, -0.25) is 9.78 Å². The molecule has 0 spiro atoms. The first kappa shape index (κ1) is 20.7. The SMILES string of the molecule is CC1(C)CC(c2ccccc2)Nc2c(C(=O)N3CCC(Cc4cccnc4)CC3)cnn21. The van der Waals surface area contributed by atoms with Crippen LogP contribution in [-0.2, 0) is 12.0 Å². The molecule has 1 unspecified atom stereocenters. The number of hydrogen-bond donors (Lipinski definition) is 1. The van der Waals surface area contributed by atoms with Gasteiger partial charge in [0.1, 0.15) is 11.4 Å². The van der Waals surface area contributed by atoms with Crippen LogP contribution in [0.25, 0.3) is 0 Å². The highest BCUT2D eigenvalue weighted by Gasteiger charge is 2.37. The number of nitrogens with one attached hydrogen (secondary N) is 1. The Labute approximate surface area is 189 Å². The molecule has 6 heteroatoms. The van der Waals surface area contributed by atoms with E-state index in [1.54, 1.807) is 6.20 Å². The molecule has 6 nitrogen and oxygen atoms in total. The lowest BCUT2D eigenvalue weighted by atomic mass is 9.88. The molecule has 3 aromatic rings. The quantitative estimate of drug-likeness (QED) is 0.655. The van der Waals surface area contributed by atoms with Crippen molar-refractivity contribution in [3.63, 3.8) is 0 Å². The normalized spacial score (nSPS) is 20.4. The second-order valence-electron chi connectivity index (χ2n) is 9.74. The summed E-state index contributed by atoms with van der Waals surface area (Å²) in [5.74, 6) is 1.53. The minimum absolute atomic E-state index is 0.0862. The Morgan fingerprint density at radius 2 is 1.88 bits per heavy atom. The Balaban J connectivity index is 1.30. The largest absolute Gasteiger partial charge is 0.363 e. The molecular weight excluding hydrogens is 398 g/mol. The third-order valence-corrected chi connectivity index (χ3v) is 6.94. The van der Waals surface area contributed by atoms with Crippen LogP contribution < -0.4 is 5.32 Å². The van der Waals surface area contributed by atoms with Gasteiger partial charge in [-0.1, -0.05) is 36.4 Å². The lowest BCUT2D eigenvalue weighted by Gasteiger charge is -2.39. The van der Waals surface area contributed by atoms with Crippen LogP contribution in [0.5, 0.6) is 0 Å². The van der Waals surface area contributed by atoms with Crippen molar-refractivity contribution >= 4 is 11.7 Å². The third kappa shape index (κ3) is 4.01. The van der Waals surface area contributed by atoms with E-state index in [0.717, 1.165) is 44.6 Å². The lowest BCUT2D eigenvalue weighted by Crippen LogP contribution is -2.41. The molecule has 4 heterocycles. The van der Waals surface area contributed by atoms with Gasteiger partial charge in [-0.15, -0.1) is 0 Å². The summed E-state index contributed by atoms with van der Waals surface area (Å²) in [6.07, 6.45) is 9.52. The minimum atomic E-state index is -0.170. The number of amides is 1. The highest BCUT2D eigenvalue weighted by molar-refractivity contribution is 5.99. The average molecular weight is 430 g/mol. The molecule has 2 aliphatic rings. The van der Waals surface area contributed by atoms with Crippen molar-refractivity contribution in [3.8, 4) is 0 Å². The van der Waals surface area contributed by atoms with Crippen molar-refractivity contribution in [1.82, 2.24) is 19.7 Å². The van der Waals surface area contributed by atoms with Gasteiger partial charge in [-0.2, -0.15) is 5.10 Å². The van der Waals surface area contributed by atoms with Crippen LogP contribution >= 0.6 is 0 Å². The highest BCUT2D eigenvalue weighted by atomic mass is 16.2. The second-order valence-corrected chi connectivity index (χ2v) is 9.74. The number of piperidine rings is 1. The summed E-state index contributed by atoms with van der Waals surface area (Å²) in [7, 11) is 0. The molecule has 2 aliphatic heterocycles. The number of hydrogen-bond acceptors (Lipinski definition) is 4. The topological polar surface area (TPSA) is 63.1 Å². The molecule has 1 saturated heterocycles. The number of nitrogens with zero attached hydrogens (tertiary/aromatic N) is 4. The Bertz CT molecular complexity index is 1070. The maximum absolute atomic E-state index is 13.5. The van der Waals surface area contributed by atoms with Crippen molar-refractivity contribution in [1.29, 1.82) is 0 Å². The van der Waals surface area contributed by atoms with Crippen LogP contribution in [-0.4, -0.2) is 38.7 Å². The number of anilines is 1. The summed E-state index contributed by atoms with van der Waals surface area (Å²) < 4.78 is 1.99. The Morgan fingerprint density at radius 3 is 2.59 bits per heavy atom. The molecular formula is C26H31N5O. The smallest absolute Gasteiger partial charge is 0.259 e. The molecule has 1 amide bonds. The van der Waals surface area contributed by atoms with Gasteiger partial charge < -0.3 is 10.2 Å². The Hall–Kier alpha value is -3.15. The molecule has 0 bridgehead atoms. The maximum Gasteiger partial charge on any atom is 0.259 e. The number of rotatable bonds is 4. The molecule has 5 rings (SSSR count). The minimum Gasteiger partial charge on any atom is -0.363 e. The molecule has 1 N–H and O–H groups in total. The van der Waals surface area contributed by atoms with E-state index in [-0.39, 0.29) is 17.5 Å². The molecule has 2 aromatic heterocycles. The van der Waals surface area contributed by atoms with Gasteiger partial charge in [-0.05, 0) is 62.6 Å². The second kappa shape index (κ2) is 8.41. The third-order valence-electron chi connectivity index (χ3n) is 6.94. The van der Waals surface area contributed by atoms with Crippen LogP contribution in [0.3, 0.4) is 0 Å². The van der Waals surface area contributed by atoms with Crippen molar-refractivity contribution in [2.45, 2.75) is 51.1 Å². The van der Waals surface area contributed by atoms with Gasteiger partial charge in [0.15, 0.2) is 0 Å². The number of benzene rings is 1. The first-order valence-corrected chi connectivity index (χ1v) is 11.6. The van der Waals surface area contributed by atoms with Crippen molar-refractivity contribution in [2.24, 2.45) is 5.92 Å². The fourth-order valence-corrected chi connectivity index (χ4v) is 5.15. The van der Waals surface area contributed by atoms with E-state index in [4.69, 9.17) is 0 Å². The van der Waals surface area contributed by atoms with E-state index in [2.05, 4.69) is 59.6 Å². The molecule has 0 aliphatic carbocycles. The van der Waals surface area contributed by atoms with Crippen LogP contribution in [0.4, 0.5) is 5.82 Å². The van der Waals surface area contributed by atoms with E-state index in [1.807, 2.05) is 34.1 Å². The predicted octanol–water partition coefficient (Wildman–Crippen LogP) is 4.67. The van der Waals surface area contributed by atoms with Crippen molar-refractivity contribution in [2.75, 3.05) is 18.4 Å². The van der Waals surface area contributed by atoms with Crippen molar-refractivity contribution in [3.05, 3.63) is 77.7 Å². The number of carbonyl (C=O) groups excluding carboxylic acids is 1. The molecule has 166 valence electrons. The lowest BCUT2D eigenvalue weighted by molar-refractivity contribution is 0.0691. The molecule has 1 fully saturated rings. The van der Waals surface area contributed by atoms with E-state index < -0.39 is 0 Å². The zero-order valence-electron chi connectivity index (χ0n) is 18.9. The summed E-state index contributed by atoms with van der Waals surface area (Å²) in [4.78, 5) is 19.7. The zero-order valence-corrected chi connectivity index (χ0v) is 18.9. The number of aromatic nitrogens is 3.